The Morgan fingerprint density at radius 2 is 1.50 bits per heavy atom. The van der Waals surface area contributed by atoms with Gasteiger partial charge in [-0.1, -0.05) is 81.6 Å². The minimum absolute atomic E-state index is 0.692. The van der Waals surface area contributed by atoms with E-state index in [0.29, 0.717) is 4.83 Å². The van der Waals surface area contributed by atoms with Gasteiger partial charge in [0.2, 0.25) is 0 Å². The van der Waals surface area contributed by atoms with E-state index in [1.807, 2.05) is 0 Å². The van der Waals surface area contributed by atoms with Crippen LogP contribution >= 0.6 is 15.9 Å². The molecule has 2 unspecified atom stereocenters. The first-order valence-corrected chi connectivity index (χ1v) is 7.22. The zero-order valence-electron chi connectivity index (χ0n) is 10.2. The molecule has 2 atom stereocenters. The summed E-state index contributed by atoms with van der Waals surface area (Å²) in [5.74, 6) is 0.899. The SMILES string of the molecule is CCCCCCCCC(C)CC(C)Br. The Morgan fingerprint density at radius 3 is 2.07 bits per heavy atom. The van der Waals surface area contributed by atoms with E-state index in [1.54, 1.807) is 0 Å². The van der Waals surface area contributed by atoms with E-state index in [2.05, 4.69) is 36.7 Å². The molecule has 0 nitrogen and oxygen atoms in total. The molecule has 0 aliphatic heterocycles. The third-order valence-corrected chi connectivity index (χ3v) is 3.15. The molecular formula is C13H27Br. The molecule has 0 radical (unpaired) electrons. The topological polar surface area (TPSA) is 0 Å². The molecule has 86 valence electrons. The van der Waals surface area contributed by atoms with Gasteiger partial charge in [-0.2, -0.15) is 0 Å². The first kappa shape index (κ1) is 14.5. The lowest BCUT2D eigenvalue weighted by Crippen LogP contribution is -2.01. The van der Waals surface area contributed by atoms with E-state index in [0.717, 1.165) is 5.92 Å². The van der Waals surface area contributed by atoms with Crippen molar-refractivity contribution in [1.29, 1.82) is 0 Å². The third-order valence-electron chi connectivity index (χ3n) is 2.78. The lowest BCUT2D eigenvalue weighted by molar-refractivity contribution is 0.457. The average molecular weight is 263 g/mol. The fourth-order valence-electron chi connectivity index (χ4n) is 1.95. The van der Waals surface area contributed by atoms with Crippen LogP contribution in [0.4, 0.5) is 0 Å². The van der Waals surface area contributed by atoms with Crippen LogP contribution in [0.5, 0.6) is 0 Å². The van der Waals surface area contributed by atoms with Crippen molar-refractivity contribution >= 4 is 15.9 Å². The number of unbranched alkanes of at least 4 members (excludes halogenated alkanes) is 5. The summed E-state index contributed by atoms with van der Waals surface area (Å²) in [6.07, 6.45) is 11.3. The molecule has 0 N–H and O–H groups in total. The van der Waals surface area contributed by atoms with Gasteiger partial charge < -0.3 is 0 Å². The fraction of sp³-hybridized carbons (Fsp3) is 1.00. The van der Waals surface area contributed by atoms with Crippen LogP contribution in [0.1, 0.15) is 72.1 Å². The summed E-state index contributed by atoms with van der Waals surface area (Å²) >= 11 is 3.62. The standard InChI is InChI=1S/C13H27Br/c1-4-5-6-7-8-9-10-12(2)11-13(3)14/h12-13H,4-11H2,1-3H3. The predicted octanol–water partition coefficient (Wildman–Crippen LogP) is 5.55. The average Bonchev–Trinajstić information content (AvgIpc) is 2.10. The highest BCUT2D eigenvalue weighted by molar-refractivity contribution is 9.09. The van der Waals surface area contributed by atoms with E-state index < -0.39 is 0 Å². The monoisotopic (exact) mass is 262 g/mol. The molecule has 0 fully saturated rings. The maximum Gasteiger partial charge on any atom is 0.0120 e. The van der Waals surface area contributed by atoms with Crippen LogP contribution in [0.15, 0.2) is 0 Å². The van der Waals surface area contributed by atoms with Crippen molar-refractivity contribution < 1.29 is 0 Å². The Bertz CT molecular complexity index is 110. The maximum absolute atomic E-state index is 3.62. The smallest absolute Gasteiger partial charge is 0.0120 e. The van der Waals surface area contributed by atoms with Crippen LogP contribution < -0.4 is 0 Å². The van der Waals surface area contributed by atoms with Gasteiger partial charge in [0.1, 0.15) is 0 Å². The predicted molar refractivity (Wildman–Crippen MR) is 70.2 cm³/mol. The molecule has 0 bridgehead atoms. The van der Waals surface area contributed by atoms with Crippen LogP contribution in [-0.4, -0.2) is 4.83 Å². The number of halogens is 1. The Hall–Kier alpha value is 0.480. The normalized spacial score (nSPS) is 15.4. The molecule has 1 heteroatoms. The van der Waals surface area contributed by atoms with Crippen LogP contribution in [0.2, 0.25) is 0 Å². The summed E-state index contributed by atoms with van der Waals surface area (Å²) in [4.78, 5) is 0.692. The highest BCUT2D eigenvalue weighted by Crippen LogP contribution is 2.19. The quantitative estimate of drug-likeness (QED) is 0.378. The van der Waals surface area contributed by atoms with Crippen molar-refractivity contribution in [1.82, 2.24) is 0 Å². The zero-order chi connectivity index (χ0) is 10.8. The number of hydrogen-bond acceptors (Lipinski definition) is 0. The van der Waals surface area contributed by atoms with E-state index in [4.69, 9.17) is 0 Å². The van der Waals surface area contributed by atoms with Crippen molar-refractivity contribution in [2.24, 2.45) is 5.92 Å². The van der Waals surface area contributed by atoms with Gasteiger partial charge in [0.15, 0.2) is 0 Å². The summed E-state index contributed by atoms with van der Waals surface area (Å²) < 4.78 is 0. The first-order valence-electron chi connectivity index (χ1n) is 6.30. The van der Waals surface area contributed by atoms with Crippen LogP contribution in [-0.2, 0) is 0 Å². The molecule has 0 aliphatic carbocycles. The number of alkyl halides is 1. The van der Waals surface area contributed by atoms with E-state index in [1.165, 1.54) is 51.4 Å². The van der Waals surface area contributed by atoms with Crippen molar-refractivity contribution in [3.63, 3.8) is 0 Å². The Kier molecular flexibility index (Phi) is 10.4. The van der Waals surface area contributed by atoms with E-state index in [9.17, 15) is 0 Å². The van der Waals surface area contributed by atoms with Gasteiger partial charge in [-0.25, -0.2) is 0 Å². The summed E-state index contributed by atoms with van der Waals surface area (Å²) in [6, 6.07) is 0. The molecule has 0 heterocycles. The van der Waals surface area contributed by atoms with Crippen LogP contribution in [0, 0.1) is 5.92 Å². The molecule has 0 rings (SSSR count). The molecule has 0 aromatic heterocycles. The molecule has 0 aromatic carbocycles. The molecular weight excluding hydrogens is 236 g/mol. The summed E-state index contributed by atoms with van der Waals surface area (Å²) in [6.45, 7) is 6.90. The third kappa shape index (κ3) is 10.6. The maximum atomic E-state index is 3.62. The second-order valence-corrected chi connectivity index (χ2v) is 6.24. The van der Waals surface area contributed by atoms with Crippen LogP contribution in [0.25, 0.3) is 0 Å². The molecule has 0 aliphatic rings. The largest absolute Gasteiger partial charge is 0.0894 e. The van der Waals surface area contributed by atoms with E-state index in [-0.39, 0.29) is 0 Å². The molecule has 0 amide bonds. The number of rotatable bonds is 9. The van der Waals surface area contributed by atoms with Crippen LogP contribution in [0.3, 0.4) is 0 Å². The highest BCUT2D eigenvalue weighted by Gasteiger charge is 2.05. The molecule has 14 heavy (non-hydrogen) atoms. The molecule has 0 aromatic rings. The second kappa shape index (κ2) is 10.0. The second-order valence-electron chi connectivity index (χ2n) is 4.68. The van der Waals surface area contributed by atoms with Crippen molar-refractivity contribution in [3.05, 3.63) is 0 Å². The minimum atomic E-state index is 0.692. The first-order chi connectivity index (χ1) is 6.66. The van der Waals surface area contributed by atoms with Gasteiger partial charge in [0, 0.05) is 4.83 Å². The van der Waals surface area contributed by atoms with E-state index >= 15 is 0 Å². The molecule has 0 saturated carbocycles. The zero-order valence-corrected chi connectivity index (χ0v) is 11.8. The summed E-state index contributed by atoms with van der Waals surface area (Å²) in [5.41, 5.74) is 0. The van der Waals surface area contributed by atoms with Crippen molar-refractivity contribution in [2.45, 2.75) is 77.0 Å². The van der Waals surface area contributed by atoms with Crippen molar-refractivity contribution in [3.8, 4) is 0 Å². The fourth-order valence-corrected chi connectivity index (χ4v) is 2.58. The lowest BCUT2D eigenvalue weighted by atomic mass is 9.98. The van der Waals surface area contributed by atoms with Gasteiger partial charge in [-0.3, -0.25) is 0 Å². The van der Waals surface area contributed by atoms with Gasteiger partial charge in [-0.05, 0) is 12.3 Å². The summed E-state index contributed by atoms with van der Waals surface area (Å²) in [5, 5.41) is 0. The molecule has 0 saturated heterocycles. The van der Waals surface area contributed by atoms with Gasteiger partial charge >= 0.3 is 0 Å². The Labute approximate surface area is 99.0 Å². The Balaban J connectivity index is 3.10. The minimum Gasteiger partial charge on any atom is -0.0894 e. The summed E-state index contributed by atoms with van der Waals surface area (Å²) in [7, 11) is 0. The number of hydrogen-bond donors (Lipinski definition) is 0. The highest BCUT2D eigenvalue weighted by atomic mass is 79.9. The van der Waals surface area contributed by atoms with Gasteiger partial charge in [0.05, 0.1) is 0 Å². The van der Waals surface area contributed by atoms with Crippen molar-refractivity contribution in [2.75, 3.05) is 0 Å². The van der Waals surface area contributed by atoms with Gasteiger partial charge in [0.25, 0.3) is 0 Å². The Morgan fingerprint density at radius 1 is 0.929 bits per heavy atom. The lowest BCUT2D eigenvalue weighted by Gasteiger charge is -2.12. The molecule has 0 spiro atoms. The van der Waals surface area contributed by atoms with Gasteiger partial charge in [-0.15, -0.1) is 0 Å².